The maximum Gasteiger partial charge on any atom is 0.253 e. The first-order valence-electron chi connectivity index (χ1n) is 8.01. The van der Waals surface area contributed by atoms with Crippen LogP contribution in [-0.4, -0.2) is 54.3 Å². The molecular formula is C18H18N4O2S. The minimum absolute atomic E-state index is 0.0296. The van der Waals surface area contributed by atoms with E-state index in [2.05, 4.69) is 11.4 Å². The summed E-state index contributed by atoms with van der Waals surface area (Å²) in [4.78, 5) is 28.4. The Hall–Kier alpha value is -2.69. The first kappa shape index (κ1) is 17.1. The molecule has 1 aliphatic heterocycles. The number of thiophene rings is 1. The molecule has 0 bridgehead atoms. The van der Waals surface area contributed by atoms with Crippen molar-refractivity contribution in [3.8, 4) is 6.07 Å². The van der Waals surface area contributed by atoms with Crippen molar-refractivity contribution in [1.29, 1.82) is 5.26 Å². The summed E-state index contributed by atoms with van der Waals surface area (Å²) < 4.78 is 0. The van der Waals surface area contributed by atoms with Gasteiger partial charge in [-0.2, -0.15) is 5.26 Å². The molecule has 0 unspecified atom stereocenters. The van der Waals surface area contributed by atoms with E-state index in [4.69, 9.17) is 5.26 Å². The number of rotatable bonds is 4. The number of nitrogens with zero attached hydrogens (tertiary/aromatic N) is 3. The van der Waals surface area contributed by atoms with Crippen LogP contribution in [0.1, 0.15) is 15.9 Å². The first-order valence-corrected chi connectivity index (χ1v) is 8.89. The second-order valence-corrected chi connectivity index (χ2v) is 6.67. The third-order valence-corrected chi connectivity index (χ3v) is 4.92. The van der Waals surface area contributed by atoms with E-state index >= 15 is 0 Å². The minimum atomic E-state index is -0.137. The number of nitriles is 1. The van der Waals surface area contributed by atoms with E-state index in [1.54, 1.807) is 11.4 Å². The zero-order valence-electron chi connectivity index (χ0n) is 13.6. The fourth-order valence-corrected chi connectivity index (χ4v) is 3.49. The van der Waals surface area contributed by atoms with Gasteiger partial charge < -0.3 is 10.2 Å². The Morgan fingerprint density at radius 3 is 2.52 bits per heavy atom. The van der Waals surface area contributed by atoms with E-state index in [-0.39, 0.29) is 18.4 Å². The van der Waals surface area contributed by atoms with Crippen LogP contribution in [0.2, 0.25) is 0 Å². The van der Waals surface area contributed by atoms with Gasteiger partial charge in [-0.25, -0.2) is 0 Å². The Morgan fingerprint density at radius 2 is 1.84 bits per heavy atom. The second-order valence-electron chi connectivity index (χ2n) is 5.76. The lowest BCUT2D eigenvalue weighted by Gasteiger charge is -2.34. The number of hydrogen-bond donors (Lipinski definition) is 1. The number of hydrogen-bond acceptors (Lipinski definition) is 5. The van der Waals surface area contributed by atoms with E-state index in [0.717, 1.165) is 0 Å². The molecule has 2 aromatic rings. The standard InChI is InChI=1S/C18H18N4O2S/c19-12-15-6-11-25-17(15)20-16(23)13-21-7-9-22(10-8-21)18(24)14-4-2-1-3-5-14/h1-6,11H,7-10,13H2,(H,20,23). The summed E-state index contributed by atoms with van der Waals surface area (Å²) in [5.41, 5.74) is 1.17. The third-order valence-electron chi connectivity index (χ3n) is 4.09. The number of nitrogens with one attached hydrogen (secondary N) is 1. The fourth-order valence-electron chi connectivity index (χ4n) is 2.74. The second kappa shape index (κ2) is 7.92. The van der Waals surface area contributed by atoms with Crippen LogP contribution in [0.4, 0.5) is 5.00 Å². The molecule has 1 N–H and O–H groups in total. The largest absolute Gasteiger partial charge is 0.336 e. The fraction of sp³-hybridized carbons (Fsp3) is 0.278. The van der Waals surface area contributed by atoms with E-state index in [1.807, 2.05) is 40.1 Å². The molecule has 1 aromatic heterocycles. The molecule has 0 spiro atoms. The Morgan fingerprint density at radius 1 is 1.12 bits per heavy atom. The molecule has 1 aromatic carbocycles. The van der Waals surface area contributed by atoms with Crippen LogP contribution in [0.15, 0.2) is 41.8 Å². The van der Waals surface area contributed by atoms with Crippen molar-refractivity contribution in [3.63, 3.8) is 0 Å². The predicted molar refractivity (Wildman–Crippen MR) is 96.4 cm³/mol. The van der Waals surface area contributed by atoms with Crippen molar-refractivity contribution < 1.29 is 9.59 Å². The molecule has 128 valence electrons. The summed E-state index contributed by atoms with van der Waals surface area (Å²) in [5.74, 6) is -0.108. The molecule has 6 nitrogen and oxygen atoms in total. The monoisotopic (exact) mass is 354 g/mol. The maximum atomic E-state index is 12.4. The highest BCUT2D eigenvalue weighted by Crippen LogP contribution is 2.22. The third kappa shape index (κ3) is 4.24. The zero-order valence-corrected chi connectivity index (χ0v) is 14.5. The van der Waals surface area contributed by atoms with Gasteiger partial charge in [-0.1, -0.05) is 18.2 Å². The highest BCUT2D eigenvalue weighted by atomic mass is 32.1. The molecule has 25 heavy (non-hydrogen) atoms. The molecule has 3 rings (SSSR count). The Labute approximate surface area is 150 Å². The topological polar surface area (TPSA) is 76.4 Å². The van der Waals surface area contributed by atoms with Gasteiger partial charge in [0.1, 0.15) is 11.1 Å². The van der Waals surface area contributed by atoms with Crippen LogP contribution in [0.3, 0.4) is 0 Å². The Bertz CT molecular complexity index is 789. The van der Waals surface area contributed by atoms with E-state index < -0.39 is 0 Å². The predicted octanol–water partition coefficient (Wildman–Crippen LogP) is 2.02. The molecular weight excluding hydrogens is 336 g/mol. The van der Waals surface area contributed by atoms with Crippen LogP contribution in [0.25, 0.3) is 0 Å². The summed E-state index contributed by atoms with van der Waals surface area (Å²) in [6.07, 6.45) is 0. The molecule has 0 saturated carbocycles. The molecule has 7 heteroatoms. The van der Waals surface area contributed by atoms with Crippen molar-refractivity contribution in [1.82, 2.24) is 9.80 Å². The van der Waals surface area contributed by atoms with E-state index in [1.165, 1.54) is 11.3 Å². The summed E-state index contributed by atoms with van der Waals surface area (Å²) in [6, 6.07) is 13.0. The van der Waals surface area contributed by atoms with Gasteiger partial charge in [0.15, 0.2) is 0 Å². The summed E-state index contributed by atoms with van der Waals surface area (Å²) in [7, 11) is 0. The molecule has 1 fully saturated rings. The number of anilines is 1. The number of carbonyl (C=O) groups excluding carboxylic acids is 2. The highest BCUT2D eigenvalue weighted by Gasteiger charge is 2.23. The summed E-state index contributed by atoms with van der Waals surface area (Å²) in [5, 5.41) is 14.1. The first-order chi connectivity index (χ1) is 12.2. The average Bonchev–Trinajstić information content (AvgIpc) is 3.09. The normalized spacial score (nSPS) is 14.8. The molecule has 0 atom stereocenters. The lowest BCUT2D eigenvalue weighted by atomic mass is 10.2. The zero-order chi connectivity index (χ0) is 17.6. The van der Waals surface area contributed by atoms with Gasteiger partial charge in [0.25, 0.3) is 5.91 Å². The summed E-state index contributed by atoms with van der Waals surface area (Å²) >= 11 is 1.34. The molecule has 2 heterocycles. The van der Waals surface area contributed by atoms with Gasteiger partial charge >= 0.3 is 0 Å². The van der Waals surface area contributed by atoms with E-state index in [9.17, 15) is 9.59 Å². The van der Waals surface area contributed by atoms with Gasteiger partial charge in [-0.3, -0.25) is 14.5 Å². The summed E-state index contributed by atoms with van der Waals surface area (Å²) in [6.45, 7) is 2.77. The molecule has 1 saturated heterocycles. The maximum absolute atomic E-state index is 12.4. The van der Waals surface area contributed by atoms with Crippen molar-refractivity contribution in [2.24, 2.45) is 0 Å². The van der Waals surface area contributed by atoms with Crippen LogP contribution < -0.4 is 5.32 Å². The lowest BCUT2D eigenvalue weighted by Crippen LogP contribution is -2.50. The van der Waals surface area contributed by atoms with Crippen LogP contribution in [0.5, 0.6) is 0 Å². The molecule has 0 radical (unpaired) electrons. The van der Waals surface area contributed by atoms with Crippen molar-refractivity contribution >= 4 is 28.2 Å². The van der Waals surface area contributed by atoms with Gasteiger partial charge in [0.05, 0.1) is 12.1 Å². The highest BCUT2D eigenvalue weighted by molar-refractivity contribution is 7.14. The van der Waals surface area contributed by atoms with Gasteiger partial charge in [0.2, 0.25) is 5.91 Å². The average molecular weight is 354 g/mol. The van der Waals surface area contributed by atoms with Crippen molar-refractivity contribution in [2.75, 3.05) is 38.0 Å². The van der Waals surface area contributed by atoms with E-state index in [0.29, 0.717) is 42.3 Å². The van der Waals surface area contributed by atoms with Crippen LogP contribution >= 0.6 is 11.3 Å². The van der Waals surface area contributed by atoms with Crippen LogP contribution in [-0.2, 0) is 4.79 Å². The van der Waals surface area contributed by atoms with Gasteiger partial charge in [-0.05, 0) is 23.6 Å². The number of carbonyl (C=O) groups is 2. The van der Waals surface area contributed by atoms with Crippen molar-refractivity contribution in [2.45, 2.75) is 0 Å². The Kier molecular flexibility index (Phi) is 5.43. The Balaban J connectivity index is 1.49. The number of benzene rings is 1. The number of piperazine rings is 1. The molecule has 0 aliphatic carbocycles. The van der Waals surface area contributed by atoms with Crippen LogP contribution in [0, 0.1) is 11.3 Å². The smallest absolute Gasteiger partial charge is 0.253 e. The minimum Gasteiger partial charge on any atom is -0.336 e. The quantitative estimate of drug-likeness (QED) is 0.911. The SMILES string of the molecule is N#Cc1ccsc1NC(=O)CN1CCN(C(=O)c2ccccc2)CC1. The molecule has 2 amide bonds. The molecule has 1 aliphatic rings. The van der Waals surface area contributed by atoms with Gasteiger partial charge in [0, 0.05) is 31.7 Å². The lowest BCUT2D eigenvalue weighted by molar-refractivity contribution is -0.117. The van der Waals surface area contributed by atoms with Crippen molar-refractivity contribution in [3.05, 3.63) is 52.9 Å². The number of amides is 2. The van der Waals surface area contributed by atoms with Gasteiger partial charge in [-0.15, -0.1) is 11.3 Å².